The second kappa shape index (κ2) is 11.5. The van der Waals surface area contributed by atoms with Crippen molar-refractivity contribution < 1.29 is 19.1 Å². The minimum Gasteiger partial charge on any atom is -0.465 e. The standard InChI is InChI=1S/C28H33ClN2O4/c1-28(2,3)23(20-10-7-6-8-11-20)19-24(25(26(32)34-4)27(33)35-5)31-16-14-30(15-17-31)22-13-9-12-21(29)18-22/h6-13,18-19H,14-17H2,1-5H3/b23-19+. The van der Waals surface area contributed by atoms with Crippen LogP contribution in [0.3, 0.4) is 0 Å². The van der Waals surface area contributed by atoms with Crippen molar-refractivity contribution in [2.24, 2.45) is 5.41 Å². The molecule has 6 nitrogen and oxygen atoms in total. The fourth-order valence-electron chi connectivity index (χ4n) is 4.18. The third kappa shape index (κ3) is 6.45. The largest absolute Gasteiger partial charge is 0.465 e. The Morgan fingerprint density at radius 3 is 2.00 bits per heavy atom. The highest BCUT2D eigenvalue weighted by molar-refractivity contribution is 6.30. The van der Waals surface area contributed by atoms with Crippen molar-refractivity contribution in [3.8, 4) is 0 Å². The number of anilines is 1. The topological polar surface area (TPSA) is 59.1 Å². The molecule has 0 N–H and O–H groups in total. The molecule has 1 fully saturated rings. The third-order valence-electron chi connectivity index (χ3n) is 6.00. The molecule has 0 atom stereocenters. The van der Waals surface area contributed by atoms with Crippen LogP contribution in [0, 0.1) is 5.41 Å². The average molecular weight is 497 g/mol. The second-order valence-electron chi connectivity index (χ2n) is 9.37. The first-order valence-electron chi connectivity index (χ1n) is 11.6. The van der Waals surface area contributed by atoms with Crippen LogP contribution in [-0.4, -0.2) is 57.2 Å². The normalized spacial score (nSPS) is 14.4. The Labute approximate surface area is 212 Å². The number of nitrogens with zero attached hydrogens (tertiary/aromatic N) is 2. The summed E-state index contributed by atoms with van der Waals surface area (Å²) in [5, 5.41) is 0.685. The monoisotopic (exact) mass is 496 g/mol. The zero-order valence-electron chi connectivity index (χ0n) is 21.0. The summed E-state index contributed by atoms with van der Waals surface area (Å²) in [6.07, 6.45) is 1.94. The molecule has 1 heterocycles. The lowest BCUT2D eigenvalue weighted by Gasteiger charge is -2.39. The minimum atomic E-state index is -0.721. The van der Waals surface area contributed by atoms with Crippen molar-refractivity contribution in [2.75, 3.05) is 45.3 Å². The van der Waals surface area contributed by atoms with Crippen LogP contribution in [0.2, 0.25) is 5.02 Å². The molecule has 0 unspecified atom stereocenters. The lowest BCUT2D eigenvalue weighted by Crippen LogP contribution is -2.46. The lowest BCUT2D eigenvalue weighted by molar-refractivity contribution is -0.144. The van der Waals surface area contributed by atoms with E-state index in [2.05, 4.69) is 30.6 Å². The number of ether oxygens (including phenoxy) is 2. The van der Waals surface area contributed by atoms with Crippen molar-refractivity contribution >= 4 is 34.8 Å². The van der Waals surface area contributed by atoms with E-state index in [0.717, 1.165) is 16.8 Å². The van der Waals surface area contributed by atoms with Gasteiger partial charge in [-0.1, -0.05) is 68.8 Å². The van der Waals surface area contributed by atoms with E-state index in [1.54, 1.807) is 0 Å². The van der Waals surface area contributed by atoms with E-state index in [4.69, 9.17) is 21.1 Å². The second-order valence-corrected chi connectivity index (χ2v) is 9.81. The first-order valence-corrected chi connectivity index (χ1v) is 12.0. The summed E-state index contributed by atoms with van der Waals surface area (Å²) in [5.41, 5.74) is 3.19. The van der Waals surface area contributed by atoms with Crippen molar-refractivity contribution in [3.63, 3.8) is 0 Å². The van der Waals surface area contributed by atoms with Crippen LogP contribution in [0.5, 0.6) is 0 Å². The third-order valence-corrected chi connectivity index (χ3v) is 6.24. The molecule has 0 bridgehead atoms. The Morgan fingerprint density at radius 1 is 0.886 bits per heavy atom. The van der Waals surface area contributed by atoms with Gasteiger partial charge >= 0.3 is 11.9 Å². The van der Waals surface area contributed by atoms with E-state index in [1.807, 2.05) is 60.7 Å². The Bertz CT molecular complexity index is 1090. The van der Waals surface area contributed by atoms with E-state index in [-0.39, 0.29) is 11.0 Å². The Kier molecular flexibility index (Phi) is 8.62. The maximum absolute atomic E-state index is 12.8. The number of hydrogen-bond acceptors (Lipinski definition) is 6. The Hall–Kier alpha value is -3.25. The maximum atomic E-state index is 12.8. The highest BCUT2D eigenvalue weighted by Crippen LogP contribution is 2.36. The fourth-order valence-corrected chi connectivity index (χ4v) is 4.37. The molecule has 2 aromatic rings. The number of allylic oxidation sites excluding steroid dienone is 2. The van der Waals surface area contributed by atoms with Crippen LogP contribution in [0.15, 0.2) is 71.9 Å². The van der Waals surface area contributed by atoms with Gasteiger partial charge in [0, 0.05) is 36.9 Å². The van der Waals surface area contributed by atoms with Gasteiger partial charge in [0.15, 0.2) is 5.57 Å². The first kappa shape index (κ1) is 26.4. The van der Waals surface area contributed by atoms with Gasteiger partial charge in [0.05, 0.1) is 19.9 Å². The van der Waals surface area contributed by atoms with Crippen LogP contribution in [0.1, 0.15) is 26.3 Å². The number of piperazine rings is 1. The Morgan fingerprint density at radius 2 is 1.49 bits per heavy atom. The SMILES string of the molecule is COC(=O)C(C(=O)OC)=C(/C=C(\c1ccccc1)C(C)(C)C)N1CCN(c2cccc(Cl)c2)CC1. The van der Waals surface area contributed by atoms with Gasteiger partial charge in [0.1, 0.15) is 0 Å². The summed E-state index contributed by atoms with van der Waals surface area (Å²) in [4.78, 5) is 29.9. The summed E-state index contributed by atoms with van der Waals surface area (Å²) in [5.74, 6) is -1.44. The maximum Gasteiger partial charge on any atom is 0.347 e. The molecule has 0 radical (unpaired) electrons. The van der Waals surface area contributed by atoms with Gasteiger partial charge in [0.2, 0.25) is 0 Å². The number of benzene rings is 2. The van der Waals surface area contributed by atoms with Crippen molar-refractivity contribution in [3.05, 3.63) is 82.5 Å². The number of carbonyl (C=O) groups is 2. The van der Waals surface area contributed by atoms with Gasteiger partial charge in [-0.15, -0.1) is 0 Å². The summed E-state index contributed by atoms with van der Waals surface area (Å²) in [7, 11) is 2.54. The van der Waals surface area contributed by atoms with Crippen LogP contribution < -0.4 is 4.90 Å². The molecule has 1 saturated heterocycles. The summed E-state index contributed by atoms with van der Waals surface area (Å²) < 4.78 is 10.0. The molecular formula is C28H33ClN2O4. The molecule has 0 saturated carbocycles. The first-order chi connectivity index (χ1) is 16.7. The molecule has 0 aliphatic carbocycles. The molecule has 2 aromatic carbocycles. The van der Waals surface area contributed by atoms with E-state index >= 15 is 0 Å². The zero-order valence-corrected chi connectivity index (χ0v) is 21.8. The van der Waals surface area contributed by atoms with E-state index in [1.165, 1.54) is 14.2 Å². The molecule has 0 amide bonds. The van der Waals surface area contributed by atoms with Gasteiger partial charge in [-0.05, 0) is 40.8 Å². The number of rotatable bonds is 6. The number of hydrogen-bond donors (Lipinski definition) is 0. The molecule has 0 aromatic heterocycles. The van der Waals surface area contributed by atoms with Gasteiger partial charge in [-0.3, -0.25) is 0 Å². The van der Waals surface area contributed by atoms with E-state index in [0.29, 0.717) is 36.9 Å². The molecule has 1 aliphatic rings. The minimum absolute atomic E-state index is 0.108. The molecule has 3 rings (SSSR count). The van der Waals surface area contributed by atoms with E-state index in [9.17, 15) is 9.59 Å². The predicted octanol–water partition coefficient (Wildman–Crippen LogP) is 5.19. The molecule has 186 valence electrons. The quantitative estimate of drug-likeness (QED) is 0.180. The Balaban J connectivity index is 2.09. The summed E-state index contributed by atoms with van der Waals surface area (Å²) in [6, 6.07) is 17.7. The average Bonchev–Trinajstić information content (AvgIpc) is 2.85. The van der Waals surface area contributed by atoms with Crippen LogP contribution >= 0.6 is 11.6 Å². The molecule has 1 aliphatic heterocycles. The van der Waals surface area contributed by atoms with Crippen molar-refractivity contribution in [1.82, 2.24) is 4.90 Å². The molecule has 7 heteroatoms. The van der Waals surface area contributed by atoms with Crippen LogP contribution in [-0.2, 0) is 19.1 Å². The van der Waals surface area contributed by atoms with Crippen LogP contribution in [0.4, 0.5) is 5.69 Å². The molecular weight excluding hydrogens is 464 g/mol. The summed E-state index contributed by atoms with van der Waals surface area (Å²) >= 11 is 6.19. The molecule has 35 heavy (non-hydrogen) atoms. The van der Waals surface area contributed by atoms with Crippen LogP contribution in [0.25, 0.3) is 5.57 Å². The number of esters is 2. The van der Waals surface area contributed by atoms with Gasteiger partial charge in [-0.25, -0.2) is 9.59 Å². The number of methoxy groups -OCH3 is 2. The number of carbonyl (C=O) groups excluding carboxylic acids is 2. The smallest absolute Gasteiger partial charge is 0.347 e. The van der Waals surface area contributed by atoms with Gasteiger partial charge < -0.3 is 19.3 Å². The van der Waals surface area contributed by atoms with Crippen molar-refractivity contribution in [2.45, 2.75) is 20.8 Å². The van der Waals surface area contributed by atoms with E-state index < -0.39 is 11.9 Å². The fraction of sp³-hybridized carbons (Fsp3) is 0.357. The van der Waals surface area contributed by atoms with Gasteiger partial charge in [0.25, 0.3) is 0 Å². The molecule has 0 spiro atoms. The number of halogens is 1. The predicted molar refractivity (Wildman–Crippen MR) is 140 cm³/mol. The van der Waals surface area contributed by atoms with Gasteiger partial charge in [-0.2, -0.15) is 0 Å². The highest BCUT2D eigenvalue weighted by Gasteiger charge is 2.31. The van der Waals surface area contributed by atoms with Crippen molar-refractivity contribution in [1.29, 1.82) is 0 Å². The lowest BCUT2D eigenvalue weighted by atomic mass is 9.81. The highest BCUT2D eigenvalue weighted by atomic mass is 35.5. The zero-order chi connectivity index (χ0) is 25.6. The summed E-state index contributed by atoms with van der Waals surface area (Å²) in [6.45, 7) is 8.92.